The van der Waals surface area contributed by atoms with Gasteiger partial charge in [0.1, 0.15) is 16.5 Å². The largest absolute Gasteiger partial charge is 0.339 e. The molecule has 1 fully saturated rings. The number of halogens is 2. The number of benzene rings is 1. The van der Waals surface area contributed by atoms with Crippen LogP contribution in [0.1, 0.15) is 33.1 Å². The van der Waals surface area contributed by atoms with Gasteiger partial charge in [-0.15, -0.1) is 0 Å². The summed E-state index contributed by atoms with van der Waals surface area (Å²) in [6, 6.07) is 1.22. The van der Waals surface area contributed by atoms with Crippen LogP contribution in [0, 0.1) is 11.6 Å². The molecule has 128 valence electrons. The normalized spacial score (nSPS) is 20.3. The van der Waals surface area contributed by atoms with Crippen molar-refractivity contribution < 1.29 is 22.0 Å². The van der Waals surface area contributed by atoms with Crippen LogP contribution < -0.4 is 4.72 Å². The van der Waals surface area contributed by atoms with E-state index in [9.17, 15) is 22.0 Å². The van der Waals surface area contributed by atoms with Crippen LogP contribution in [0.3, 0.4) is 0 Å². The van der Waals surface area contributed by atoms with Crippen molar-refractivity contribution in [2.75, 3.05) is 6.54 Å². The van der Waals surface area contributed by atoms with Gasteiger partial charge in [0.15, 0.2) is 0 Å². The summed E-state index contributed by atoms with van der Waals surface area (Å²) in [6.07, 6.45) is 2.78. The zero-order chi connectivity index (χ0) is 17.2. The zero-order valence-electron chi connectivity index (χ0n) is 13.1. The third-order valence-corrected chi connectivity index (χ3v) is 5.55. The number of nitrogens with zero attached hydrogens (tertiary/aromatic N) is 1. The van der Waals surface area contributed by atoms with Gasteiger partial charge < -0.3 is 4.90 Å². The highest BCUT2D eigenvalue weighted by Crippen LogP contribution is 2.19. The van der Waals surface area contributed by atoms with Crippen molar-refractivity contribution in [1.29, 1.82) is 0 Å². The fourth-order valence-corrected chi connectivity index (χ4v) is 3.97. The molecule has 0 unspecified atom stereocenters. The highest BCUT2D eigenvalue weighted by Gasteiger charge is 2.30. The van der Waals surface area contributed by atoms with Crippen molar-refractivity contribution >= 4 is 15.9 Å². The molecule has 1 heterocycles. The highest BCUT2D eigenvalue weighted by molar-refractivity contribution is 7.89. The number of rotatable bonds is 4. The molecule has 0 aliphatic carbocycles. The Labute approximate surface area is 134 Å². The number of carbonyl (C=O) groups excluding carboxylic acids is 1. The SMILES string of the molecule is C[C@@H](NS(=O)(=O)c1ccc(F)cc1F)C(=O)N1CCCC[C@@H]1C. The maximum absolute atomic E-state index is 13.7. The second-order valence-corrected chi connectivity index (χ2v) is 7.48. The molecule has 5 nitrogen and oxygen atoms in total. The number of piperidine rings is 1. The summed E-state index contributed by atoms with van der Waals surface area (Å²) in [5.74, 6) is -2.40. The molecule has 1 saturated heterocycles. The number of amides is 1. The lowest BCUT2D eigenvalue weighted by atomic mass is 10.0. The monoisotopic (exact) mass is 346 g/mol. The fraction of sp³-hybridized carbons (Fsp3) is 0.533. The van der Waals surface area contributed by atoms with Gasteiger partial charge in [0.2, 0.25) is 15.9 Å². The second kappa shape index (κ2) is 6.92. The van der Waals surface area contributed by atoms with Crippen molar-refractivity contribution in [2.24, 2.45) is 0 Å². The molecule has 0 saturated carbocycles. The number of nitrogens with one attached hydrogen (secondary N) is 1. The van der Waals surface area contributed by atoms with Crippen LogP contribution in [0.15, 0.2) is 23.1 Å². The van der Waals surface area contributed by atoms with E-state index in [0.29, 0.717) is 12.6 Å². The lowest BCUT2D eigenvalue weighted by Crippen LogP contribution is -2.51. The van der Waals surface area contributed by atoms with Crippen molar-refractivity contribution in [3.8, 4) is 0 Å². The lowest BCUT2D eigenvalue weighted by molar-refractivity contribution is -0.135. The van der Waals surface area contributed by atoms with E-state index < -0.39 is 32.6 Å². The molecular weight excluding hydrogens is 326 g/mol. The minimum Gasteiger partial charge on any atom is -0.339 e. The van der Waals surface area contributed by atoms with Crippen LogP contribution >= 0.6 is 0 Å². The van der Waals surface area contributed by atoms with E-state index in [0.717, 1.165) is 31.4 Å². The van der Waals surface area contributed by atoms with Gasteiger partial charge in [0.05, 0.1) is 6.04 Å². The summed E-state index contributed by atoms with van der Waals surface area (Å²) < 4.78 is 53.1. The molecule has 23 heavy (non-hydrogen) atoms. The van der Waals surface area contributed by atoms with Crippen molar-refractivity contribution in [3.63, 3.8) is 0 Å². The summed E-state index contributed by atoms with van der Waals surface area (Å²) >= 11 is 0. The molecule has 0 spiro atoms. The van der Waals surface area contributed by atoms with E-state index in [1.54, 1.807) is 4.90 Å². The molecule has 0 radical (unpaired) electrons. The maximum atomic E-state index is 13.7. The standard InChI is InChI=1S/C15H20F2N2O3S/c1-10-5-3-4-8-19(10)15(20)11(2)18-23(21,22)14-7-6-12(16)9-13(14)17/h6-7,9-11,18H,3-5,8H2,1-2H3/t10-,11+/m0/s1. The quantitative estimate of drug-likeness (QED) is 0.907. The van der Waals surface area contributed by atoms with Crippen LogP contribution in [0.4, 0.5) is 8.78 Å². The fourth-order valence-electron chi connectivity index (χ4n) is 2.71. The molecule has 1 aromatic rings. The average molecular weight is 346 g/mol. The van der Waals surface area contributed by atoms with Gasteiger partial charge in [-0.3, -0.25) is 4.79 Å². The smallest absolute Gasteiger partial charge is 0.244 e. The van der Waals surface area contributed by atoms with E-state index in [1.165, 1.54) is 6.92 Å². The molecule has 8 heteroatoms. The lowest BCUT2D eigenvalue weighted by Gasteiger charge is -2.35. The van der Waals surface area contributed by atoms with Crippen molar-refractivity contribution in [2.45, 2.75) is 50.1 Å². The van der Waals surface area contributed by atoms with Crippen molar-refractivity contribution in [3.05, 3.63) is 29.8 Å². The Morgan fingerprint density at radius 2 is 2.04 bits per heavy atom. The van der Waals surface area contributed by atoms with E-state index in [-0.39, 0.29) is 11.9 Å². The Balaban J connectivity index is 2.14. The summed E-state index contributed by atoms with van der Waals surface area (Å²) in [4.78, 5) is 13.4. The molecular formula is C15H20F2N2O3S. The molecule has 1 N–H and O–H groups in total. The van der Waals surface area contributed by atoms with Gasteiger partial charge in [0, 0.05) is 18.7 Å². The van der Waals surface area contributed by atoms with Gasteiger partial charge >= 0.3 is 0 Å². The first-order valence-electron chi connectivity index (χ1n) is 7.50. The number of hydrogen-bond donors (Lipinski definition) is 1. The third-order valence-electron chi connectivity index (χ3n) is 3.97. The first-order chi connectivity index (χ1) is 10.7. The van der Waals surface area contributed by atoms with Gasteiger partial charge in [-0.2, -0.15) is 4.72 Å². The predicted molar refractivity (Wildman–Crippen MR) is 81.2 cm³/mol. The Kier molecular flexibility index (Phi) is 5.36. The predicted octanol–water partition coefficient (Wildman–Crippen LogP) is 2.03. The first-order valence-corrected chi connectivity index (χ1v) is 8.98. The summed E-state index contributed by atoms with van der Waals surface area (Å²) in [5.41, 5.74) is 0. The second-order valence-electron chi connectivity index (χ2n) is 5.79. The Morgan fingerprint density at radius 3 is 2.65 bits per heavy atom. The van der Waals surface area contributed by atoms with Crippen LogP contribution in [0.2, 0.25) is 0 Å². The zero-order valence-corrected chi connectivity index (χ0v) is 13.9. The van der Waals surface area contributed by atoms with E-state index in [1.807, 2.05) is 6.92 Å². The van der Waals surface area contributed by atoms with E-state index in [4.69, 9.17) is 0 Å². The Bertz CT molecular complexity index is 694. The topological polar surface area (TPSA) is 66.5 Å². The summed E-state index contributed by atoms with van der Waals surface area (Å²) in [7, 11) is -4.25. The Hall–Kier alpha value is -1.54. The van der Waals surface area contributed by atoms with Crippen LogP contribution in [0.25, 0.3) is 0 Å². The Morgan fingerprint density at radius 1 is 1.35 bits per heavy atom. The number of sulfonamides is 1. The number of hydrogen-bond acceptors (Lipinski definition) is 3. The third kappa shape index (κ3) is 4.06. The van der Waals surface area contributed by atoms with Crippen molar-refractivity contribution in [1.82, 2.24) is 9.62 Å². The van der Waals surface area contributed by atoms with Crippen LogP contribution in [0.5, 0.6) is 0 Å². The maximum Gasteiger partial charge on any atom is 0.244 e. The number of likely N-dealkylation sites (tertiary alicyclic amines) is 1. The molecule has 2 atom stereocenters. The molecule has 0 bridgehead atoms. The van der Waals surface area contributed by atoms with Gasteiger partial charge in [0.25, 0.3) is 0 Å². The average Bonchev–Trinajstić information content (AvgIpc) is 2.46. The number of carbonyl (C=O) groups is 1. The van der Waals surface area contributed by atoms with E-state index >= 15 is 0 Å². The molecule has 1 aliphatic rings. The minimum atomic E-state index is -4.25. The van der Waals surface area contributed by atoms with Gasteiger partial charge in [-0.05, 0) is 45.2 Å². The summed E-state index contributed by atoms with van der Waals surface area (Å²) in [6.45, 7) is 3.91. The molecule has 1 aromatic carbocycles. The molecule has 2 rings (SSSR count). The van der Waals surface area contributed by atoms with Crippen LogP contribution in [-0.2, 0) is 14.8 Å². The highest BCUT2D eigenvalue weighted by atomic mass is 32.2. The van der Waals surface area contributed by atoms with E-state index in [2.05, 4.69) is 4.72 Å². The first kappa shape index (κ1) is 17.8. The summed E-state index contributed by atoms with van der Waals surface area (Å²) in [5, 5.41) is 0. The molecule has 1 aliphatic heterocycles. The van der Waals surface area contributed by atoms with Crippen LogP contribution in [-0.4, -0.2) is 37.9 Å². The molecule has 1 amide bonds. The molecule has 0 aromatic heterocycles. The van der Waals surface area contributed by atoms with Gasteiger partial charge in [-0.1, -0.05) is 0 Å². The van der Waals surface area contributed by atoms with Gasteiger partial charge in [-0.25, -0.2) is 17.2 Å². The minimum absolute atomic E-state index is 0.0470.